The van der Waals surface area contributed by atoms with Crippen LogP contribution in [0.1, 0.15) is 39.5 Å². The highest BCUT2D eigenvalue weighted by atomic mass is 35.5. The molecule has 0 unspecified atom stereocenters. The number of benzene rings is 2. The van der Waals surface area contributed by atoms with Crippen molar-refractivity contribution in [2.75, 3.05) is 11.4 Å². The Balaban J connectivity index is 1.51. The molecular weight excluding hydrogens is 418 g/mol. The monoisotopic (exact) mass is 443 g/mol. The maximum Gasteiger partial charge on any atom is 0.136 e. The molecule has 2 aromatic heterocycles. The summed E-state index contributed by atoms with van der Waals surface area (Å²) in [6.07, 6.45) is 1.72. The van der Waals surface area contributed by atoms with E-state index in [0.29, 0.717) is 0 Å². The predicted octanol–water partition coefficient (Wildman–Crippen LogP) is 5.60. The van der Waals surface area contributed by atoms with Gasteiger partial charge in [-0.1, -0.05) is 53.6 Å². The minimum Gasteiger partial charge on any atom is -0.351 e. The number of hydrogen-bond acceptors (Lipinski definition) is 4. The van der Waals surface area contributed by atoms with Crippen LogP contribution < -0.4 is 4.90 Å². The molecule has 0 saturated heterocycles. The zero-order valence-electron chi connectivity index (χ0n) is 18.6. The van der Waals surface area contributed by atoms with Crippen molar-refractivity contribution in [3.63, 3.8) is 0 Å². The summed E-state index contributed by atoms with van der Waals surface area (Å²) in [5.41, 5.74) is 9.28. The van der Waals surface area contributed by atoms with E-state index in [1.165, 1.54) is 27.9 Å². The van der Waals surface area contributed by atoms with Crippen LogP contribution in [0.5, 0.6) is 0 Å². The first-order valence-electron chi connectivity index (χ1n) is 10.9. The van der Waals surface area contributed by atoms with E-state index in [9.17, 15) is 0 Å². The van der Waals surface area contributed by atoms with Gasteiger partial charge in [0, 0.05) is 59.0 Å². The molecule has 0 saturated carbocycles. The zero-order chi connectivity index (χ0) is 22.2. The summed E-state index contributed by atoms with van der Waals surface area (Å²) in [6.45, 7) is 7.84. The predicted molar refractivity (Wildman–Crippen MR) is 129 cm³/mol. The van der Waals surface area contributed by atoms with Gasteiger partial charge in [-0.15, -0.1) is 0 Å². The zero-order valence-corrected chi connectivity index (χ0v) is 19.4. The smallest absolute Gasteiger partial charge is 0.136 e. The van der Waals surface area contributed by atoms with Gasteiger partial charge in [-0.05, 0) is 38.5 Å². The standard InChI is InChI=1S/C26H26ClN5/c1-16-4-6-19(7-5-16)14-22-17(2)28-18(3)29-26(22)32-13-12-24-23(15-32)25(31-30-24)20-8-10-21(27)11-9-20/h4-11H,12-15H2,1-3H3,(H,30,31). The van der Waals surface area contributed by atoms with Crippen LogP contribution in [0.2, 0.25) is 5.02 Å². The van der Waals surface area contributed by atoms with Gasteiger partial charge in [0.25, 0.3) is 0 Å². The maximum atomic E-state index is 6.09. The van der Waals surface area contributed by atoms with Gasteiger partial charge < -0.3 is 4.90 Å². The SMILES string of the molecule is Cc1ccc(Cc2c(C)nc(C)nc2N2CCc3[nH]nc(-c4ccc(Cl)cc4)c3C2)cc1. The summed E-state index contributed by atoms with van der Waals surface area (Å²) in [7, 11) is 0. The molecule has 1 aliphatic rings. The second kappa shape index (κ2) is 8.40. The molecule has 1 N–H and O–H groups in total. The molecule has 0 fully saturated rings. The molecule has 1 aliphatic heterocycles. The summed E-state index contributed by atoms with van der Waals surface area (Å²) in [6, 6.07) is 16.6. The van der Waals surface area contributed by atoms with E-state index < -0.39 is 0 Å². The molecule has 0 radical (unpaired) electrons. The van der Waals surface area contributed by atoms with Crippen LogP contribution in [0.4, 0.5) is 5.82 Å². The molecule has 0 amide bonds. The topological polar surface area (TPSA) is 57.7 Å². The Kier molecular flexibility index (Phi) is 5.43. The van der Waals surface area contributed by atoms with Gasteiger partial charge in [0.15, 0.2) is 0 Å². The molecule has 162 valence electrons. The first-order chi connectivity index (χ1) is 15.5. The average molecular weight is 444 g/mol. The summed E-state index contributed by atoms with van der Waals surface area (Å²) >= 11 is 6.09. The van der Waals surface area contributed by atoms with Crippen LogP contribution >= 0.6 is 11.6 Å². The largest absolute Gasteiger partial charge is 0.351 e. The number of nitrogens with one attached hydrogen (secondary N) is 1. The summed E-state index contributed by atoms with van der Waals surface area (Å²) in [5.74, 6) is 1.84. The summed E-state index contributed by atoms with van der Waals surface area (Å²) < 4.78 is 0. The molecule has 0 bridgehead atoms. The van der Waals surface area contributed by atoms with Gasteiger partial charge in [-0.2, -0.15) is 5.10 Å². The number of aromatic nitrogens is 4. The molecule has 3 heterocycles. The van der Waals surface area contributed by atoms with E-state index in [1.807, 2.05) is 31.2 Å². The first kappa shape index (κ1) is 20.7. The Bertz CT molecular complexity index is 1260. The summed E-state index contributed by atoms with van der Waals surface area (Å²) in [4.78, 5) is 12.0. The van der Waals surface area contributed by atoms with Gasteiger partial charge in [-0.25, -0.2) is 9.97 Å². The molecule has 0 atom stereocenters. The fraction of sp³-hybridized carbons (Fsp3) is 0.269. The third-order valence-electron chi connectivity index (χ3n) is 6.16. The lowest BCUT2D eigenvalue weighted by molar-refractivity contribution is 0.701. The van der Waals surface area contributed by atoms with E-state index in [0.717, 1.165) is 59.5 Å². The second-order valence-electron chi connectivity index (χ2n) is 8.53. The fourth-order valence-electron chi connectivity index (χ4n) is 4.42. The lowest BCUT2D eigenvalue weighted by Crippen LogP contribution is -2.32. The summed E-state index contributed by atoms with van der Waals surface area (Å²) in [5, 5.41) is 8.61. The number of hydrogen-bond donors (Lipinski definition) is 1. The minimum atomic E-state index is 0.729. The maximum absolute atomic E-state index is 6.09. The van der Waals surface area contributed by atoms with Crippen molar-refractivity contribution in [1.82, 2.24) is 20.2 Å². The van der Waals surface area contributed by atoms with Gasteiger partial charge in [0.2, 0.25) is 0 Å². The van der Waals surface area contributed by atoms with Gasteiger partial charge in [-0.3, -0.25) is 5.10 Å². The van der Waals surface area contributed by atoms with Crippen molar-refractivity contribution in [3.8, 4) is 11.3 Å². The highest BCUT2D eigenvalue weighted by molar-refractivity contribution is 6.30. The van der Waals surface area contributed by atoms with E-state index in [-0.39, 0.29) is 0 Å². The van der Waals surface area contributed by atoms with Crippen LogP contribution in [0, 0.1) is 20.8 Å². The average Bonchev–Trinajstić information content (AvgIpc) is 3.20. The van der Waals surface area contributed by atoms with E-state index in [4.69, 9.17) is 16.6 Å². The van der Waals surface area contributed by atoms with Crippen molar-refractivity contribution >= 4 is 17.4 Å². The van der Waals surface area contributed by atoms with Crippen LogP contribution in [0.15, 0.2) is 48.5 Å². The van der Waals surface area contributed by atoms with E-state index >= 15 is 0 Å². The third kappa shape index (κ3) is 4.00. The molecule has 0 aliphatic carbocycles. The number of anilines is 1. The lowest BCUT2D eigenvalue weighted by atomic mass is 9.99. The number of halogens is 1. The Morgan fingerprint density at radius 2 is 1.72 bits per heavy atom. The van der Waals surface area contributed by atoms with Crippen molar-refractivity contribution in [2.24, 2.45) is 0 Å². The van der Waals surface area contributed by atoms with Gasteiger partial charge in [0.05, 0.1) is 5.69 Å². The second-order valence-corrected chi connectivity index (χ2v) is 8.96. The van der Waals surface area contributed by atoms with Crippen LogP contribution in [-0.2, 0) is 19.4 Å². The Morgan fingerprint density at radius 1 is 0.969 bits per heavy atom. The number of nitrogens with zero attached hydrogens (tertiary/aromatic N) is 4. The van der Waals surface area contributed by atoms with Crippen LogP contribution in [-0.4, -0.2) is 26.7 Å². The Labute approximate surface area is 193 Å². The van der Waals surface area contributed by atoms with Crippen LogP contribution in [0.3, 0.4) is 0 Å². The highest BCUT2D eigenvalue weighted by Crippen LogP contribution is 2.33. The highest BCUT2D eigenvalue weighted by Gasteiger charge is 2.26. The molecule has 5 nitrogen and oxygen atoms in total. The molecular formula is C26H26ClN5. The number of H-pyrrole nitrogens is 1. The molecule has 32 heavy (non-hydrogen) atoms. The van der Waals surface area contributed by atoms with E-state index in [1.54, 1.807) is 0 Å². The number of aromatic amines is 1. The quantitative estimate of drug-likeness (QED) is 0.446. The normalized spacial score (nSPS) is 13.3. The third-order valence-corrected chi connectivity index (χ3v) is 6.41. The Morgan fingerprint density at radius 3 is 2.47 bits per heavy atom. The van der Waals surface area contributed by atoms with Gasteiger partial charge in [0.1, 0.15) is 11.6 Å². The number of aryl methyl sites for hydroxylation is 3. The van der Waals surface area contributed by atoms with Crippen molar-refractivity contribution in [2.45, 2.75) is 40.2 Å². The number of fused-ring (bicyclic) bond motifs is 1. The van der Waals surface area contributed by atoms with Gasteiger partial charge >= 0.3 is 0 Å². The van der Waals surface area contributed by atoms with Crippen LogP contribution in [0.25, 0.3) is 11.3 Å². The molecule has 5 rings (SSSR count). The molecule has 0 spiro atoms. The van der Waals surface area contributed by atoms with Crippen molar-refractivity contribution in [3.05, 3.63) is 93.0 Å². The molecule has 4 aromatic rings. The number of rotatable bonds is 4. The lowest BCUT2D eigenvalue weighted by Gasteiger charge is -2.30. The molecule has 6 heteroatoms. The Hall–Kier alpha value is -3.18. The first-order valence-corrected chi connectivity index (χ1v) is 11.3. The minimum absolute atomic E-state index is 0.729. The van der Waals surface area contributed by atoms with Crippen molar-refractivity contribution in [1.29, 1.82) is 0 Å². The van der Waals surface area contributed by atoms with E-state index in [2.05, 4.69) is 58.2 Å². The van der Waals surface area contributed by atoms with Crippen molar-refractivity contribution < 1.29 is 0 Å². The fourth-order valence-corrected chi connectivity index (χ4v) is 4.54. The molecule has 2 aromatic carbocycles.